The maximum atomic E-state index is 12.4. The average molecular weight is 460 g/mol. The number of ether oxygens (including phenoxy) is 1. The fourth-order valence-electron chi connectivity index (χ4n) is 2.82. The first-order chi connectivity index (χ1) is 14.8. The molecule has 3 rings (SSSR count). The van der Waals surface area contributed by atoms with Gasteiger partial charge in [-0.05, 0) is 50.6 Å². The molecule has 3 N–H and O–H groups in total. The lowest BCUT2D eigenvalue weighted by Crippen LogP contribution is -2.39. The summed E-state index contributed by atoms with van der Waals surface area (Å²) in [7, 11) is 1.55. The van der Waals surface area contributed by atoms with Gasteiger partial charge < -0.3 is 10.1 Å². The summed E-state index contributed by atoms with van der Waals surface area (Å²) in [5, 5.41) is 12.3. The number of anilines is 1. The summed E-state index contributed by atoms with van der Waals surface area (Å²) in [6.45, 7) is 5.52. The smallest absolute Gasteiger partial charge is 0.325 e. The zero-order valence-corrected chi connectivity index (χ0v) is 19.0. The lowest BCUT2D eigenvalue weighted by molar-refractivity contribution is -0.119. The van der Waals surface area contributed by atoms with Crippen LogP contribution in [-0.4, -0.2) is 39.5 Å². The number of H-pyrrole nitrogens is 1. The van der Waals surface area contributed by atoms with Crippen molar-refractivity contribution in [3.05, 3.63) is 52.5 Å². The van der Waals surface area contributed by atoms with Gasteiger partial charge in [0.2, 0.25) is 11.1 Å². The van der Waals surface area contributed by atoms with E-state index in [4.69, 9.17) is 16.3 Å². The number of halogens is 1. The van der Waals surface area contributed by atoms with Crippen LogP contribution in [0.4, 0.5) is 10.5 Å². The second-order valence-corrected chi connectivity index (χ2v) is 8.58. The molecule has 1 aromatic heterocycles. The van der Waals surface area contributed by atoms with E-state index in [0.29, 0.717) is 33.0 Å². The highest BCUT2D eigenvalue weighted by atomic mass is 35.5. The molecule has 1 atom stereocenters. The molecule has 0 aliphatic rings. The molecule has 3 aromatic rings. The van der Waals surface area contributed by atoms with Gasteiger partial charge in [-0.1, -0.05) is 41.1 Å². The van der Waals surface area contributed by atoms with E-state index >= 15 is 0 Å². The summed E-state index contributed by atoms with van der Waals surface area (Å²) in [6.07, 6.45) is 0. The molecule has 1 heterocycles. The van der Waals surface area contributed by atoms with Crippen LogP contribution in [0.15, 0.2) is 41.6 Å². The molecule has 0 aliphatic heterocycles. The molecule has 3 amide bonds. The third-order valence-electron chi connectivity index (χ3n) is 4.40. The molecule has 10 heteroatoms. The Morgan fingerprint density at radius 1 is 1.19 bits per heavy atom. The molecule has 0 bridgehead atoms. The van der Waals surface area contributed by atoms with Gasteiger partial charge in [0.15, 0.2) is 5.82 Å². The van der Waals surface area contributed by atoms with Crippen molar-refractivity contribution in [2.24, 2.45) is 0 Å². The van der Waals surface area contributed by atoms with E-state index in [2.05, 4.69) is 25.8 Å². The first-order valence-corrected chi connectivity index (χ1v) is 10.6. The Labute approximate surface area is 189 Å². The van der Waals surface area contributed by atoms with Crippen LogP contribution in [-0.2, 0) is 4.79 Å². The quantitative estimate of drug-likeness (QED) is 0.465. The molecular formula is C21H22ClN5O3S. The molecule has 162 valence electrons. The number of imide groups is 1. The Bertz CT molecular complexity index is 1120. The molecule has 0 saturated heterocycles. The summed E-state index contributed by atoms with van der Waals surface area (Å²) in [4.78, 5) is 29.0. The first-order valence-electron chi connectivity index (χ1n) is 9.39. The summed E-state index contributed by atoms with van der Waals surface area (Å²) in [5.41, 5.74) is 3.30. The largest absolute Gasteiger partial charge is 0.496 e. The monoisotopic (exact) mass is 459 g/mol. The molecule has 0 fully saturated rings. The van der Waals surface area contributed by atoms with Crippen molar-refractivity contribution in [3.63, 3.8) is 0 Å². The summed E-state index contributed by atoms with van der Waals surface area (Å²) < 4.78 is 5.33. The third-order valence-corrected chi connectivity index (χ3v) is 5.60. The van der Waals surface area contributed by atoms with Gasteiger partial charge in [0.25, 0.3) is 0 Å². The Kier molecular flexibility index (Phi) is 7.19. The number of thioether (sulfide) groups is 1. The zero-order chi connectivity index (χ0) is 22.5. The Balaban J connectivity index is 1.61. The standard InChI is InChI=1S/C21H22ClN5O3S/c1-11-5-7-16(12(2)9-11)23-20(29)25-19(28)13(3)31-21-24-18(26-27-21)15-10-14(22)6-8-17(15)30-4/h5-10,13H,1-4H3,(H,24,26,27)(H2,23,25,28,29). The predicted octanol–water partition coefficient (Wildman–Crippen LogP) is 4.58. The van der Waals surface area contributed by atoms with Gasteiger partial charge in [-0.3, -0.25) is 15.2 Å². The summed E-state index contributed by atoms with van der Waals surface area (Å²) >= 11 is 7.19. The number of aromatic nitrogens is 3. The molecule has 0 radical (unpaired) electrons. The van der Waals surface area contributed by atoms with E-state index in [9.17, 15) is 9.59 Å². The number of nitrogens with one attached hydrogen (secondary N) is 3. The normalized spacial score (nSPS) is 11.6. The van der Waals surface area contributed by atoms with Gasteiger partial charge in [0.1, 0.15) is 5.75 Å². The van der Waals surface area contributed by atoms with Gasteiger partial charge >= 0.3 is 6.03 Å². The molecular weight excluding hydrogens is 438 g/mol. The number of methoxy groups -OCH3 is 1. The maximum Gasteiger partial charge on any atom is 0.325 e. The van der Waals surface area contributed by atoms with Crippen molar-refractivity contribution in [2.45, 2.75) is 31.2 Å². The van der Waals surface area contributed by atoms with Crippen LogP contribution in [0.2, 0.25) is 5.02 Å². The van der Waals surface area contributed by atoms with E-state index in [1.54, 1.807) is 38.3 Å². The lowest BCUT2D eigenvalue weighted by Gasteiger charge is -2.12. The molecule has 0 saturated carbocycles. The third kappa shape index (κ3) is 5.77. The Hall–Kier alpha value is -3.04. The van der Waals surface area contributed by atoms with E-state index in [1.165, 1.54) is 0 Å². The van der Waals surface area contributed by atoms with E-state index in [0.717, 1.165) is 22.9 Å². The molecule has 0 spiro atoms. The van der Waals surface area contributed by atoms with Crippen molar-refractivity contribution in [2.75, 3.05) is 12.4 Å². The number of carbonyl (C=O) groups excluding carboxylic acids is 2. The minimum Gasteiger partial charge on any atom is -0.496 e. The van der Waals surface area contributed by atoms with Crippen LogP contribution >= 0.6 is 23.4 Å². The zero-order valence-electron chi connectivity index (χ0n) is 17.4. The molecule has 8 nitrogen and oxygen atoms in total. The molecule has 1 unspecified atom stereocenters. The Morgan fingerprint density at radius 2 is 1.97 bits per heavy atom. The van der Waals surface area contributed by atoms with Crippen molar-refractivity contribution in [1.29, 1.82) is 0 Å². The second-order valence-electron chi connectivity index (χ2n) is 6.83. The van der Waals surface area contributed by atoms with Crippen LogP contribution in [0.3, 0.4) is 0 Å². The number of nitrogens with zero attached hydrogens (tertiary/aromatic N) is 2. The second kappa shape index (κ2) is 9.84. The number of aryl methyl sites for hydroxylation is 2. The topological polar surface area (TPSA) is 109 Å². The number of aromatic amines is 1. The number of benzene rings is 2. The predicted molar refractivity (Wildman–Crippen MR) is 122 cm³/mol. The summed E-state index contributed by atoms with van der Waals surface area (Å²) in [6, 6.07) is 10.2. The summed E-state index contributed by atoms with van der Waals surface area (Å²) in [5.74, 6) is 0.590. The highest BCUT2D eigenvalue weighted by molar-refractivity contribution is 8.00. The first kappa shape index (κ1) is 22.6. The van der Waals surface area contributed by atoms with E-state index in [1.807, 2.05) is 26.0 Å². The number of rotatable bonds is 6. The number of hydrogen-bond donors (Lipinski definition) is 3. The fourth-order valence-corrected chi connectivity index (χ4v) is 3.71. The van der Waals surface area contributed by atoms with Crippen LogP contribution in [0.1, 0.15) is 18.1 Å². The highest BCUT2D eigenvalue weighted by Gasteiger charge is 2.20. The van der Waals surface area contributed by atoms with Gasteiger partial charge in [-0.2, -0.15) is 0 Å². The number of urea groups is 1. The van der Waals surface area contributed by atoms with Crippen molar-refractivity contribution >= 4 is 41.0 Å². The molecule has 2 aromatic carbocycles. The van der Waals surface area contributed by atoms with Crippen LogP contribution in [0, 0.1) is 13.8 Å². The van der Waals surface area contributed by atoms with Gasteiger partial charge in [-0.25, -0.2) is 9.78 Å². The lowest BCUT2D eigenvalue weighted by atomic mass is 10.1. The number of carbonyl (C=O) groups is 2. The van der Waals surface area contributed by atoms with Crippen LogP contribution < -0.4 is 15.4 Å². The number of hydrogen-bond acceptors (Lipinski definition) is 6. The van der Waals surface area contributed by atoms with Crippen molar-refractivity contribution < 1.29 is 14.3 Å². The van der Waals surface area contributed by atoms with Crippen molar-refractivity contribution in [1.82, 2.24) is 20.5 Å². The van der Waals surface area contributed by atoms with Gasteiger partial charge in [0.05, 0.1) is 17.9 Å². The van der Waals surface area contributed by atoms with Gasteiger partial charge in [0, 0.05) is 10.7 Å². The van der Waals surface area contributed by atoms with Crippen molar-refractivity contribution in [3.8, 4) is 17.1 Å². The highest BCUT2D eigenvalue weighted by Crippen LogP contribution is 2.31. The molecule has 0 aliphatic carbocycles. The van der Waals surface area contributed by atoms with Crippen LogP contribution in [0.25, 0.3) is 11.4 Å². The minimum absolute atomic E-state index is 0.356. The fraction of sp³-hybridized carbons (Fsp3) is 0.238. The SMILES string of the molecule is COc1ccc(Cl)cc1-c1nc(SC(C)C(=O)NC(=O)Nc2ccc(C)cc2C)n[nH]1. The minimum atomic E-state index is -0.602. The molecule has 31 heavy (non-hydrogen) atoms. The van der Waals surface area contributed by atoms with Gasteiger partial charge in [-0.15, -0.1) is 5.10 Å². The van der Waals surface area contributed by atoms with Crippen LogP contribution in [0.5, 0.6) is 5.75 Å². The van der Waals surface area contributed by atoms with E-state index in [-0.39, 0.29) is 0 Å². The maximum absolute atomic E-state index is 12.4. The van der Waals surface area contributed by atoms with E-state index < -0.39 is 17.2 Å². The average Bonchev–Trinajstić information content (AvgIpc) is 3.18. The number of amides is 3. The Morgan fingerprint density at radius 3 is 2.68 bits per heavy atom.